The van der Waals surface area contributed by atoms with E-state index in [-0.39, 0.29) is 54.4 Å². The zero-order valence-electron chi connectivity index (χ0n) is 21.8. The normalized spacial score (nSPS) is 9.62. The number of carboxylic acids is 4. The Morgan fingerprint density at radius 2 is 1.00 bits per heavy atom. The predicted octanol–water partition coefficient (Wildman–Crippen LogP) is -2.44. The number of hydrogen-bond donors (Lipinski definition) is 4. The fourth-order valence-electron chi connectivity index (χ4n) is 2.69. The summed E-state index contributed by atoms with van der Waals surface area (Å²) < 4.78 is 4.79. The monoisotopic (exact) mass is 558 g/mol. The van der Waals surface area contributed by atoms with Crippen LogP contribution in [0, 0.1) is 0 Å². The summed E-state index contributed by atoms with van der Waals surface area (Å²) >= 11 is 0. The van der Waals surface area contributed by atoms with Gasteiger partial charge in [0.25, 0.3) is 0 Å². The molecule has 13 nitrogen and oxygen atoms in total. The first-order valence-corrected chi connectivity index (χ1v) is 11.2. The van der Waals surface area contributed by atoms with Gasteiger partial charge >= 0.3 is 59.4 Å². The first-order valence-electron chi connectivity index (χ1n) is 11.2. The van der Waals surface area contributed by atoms with Crippen LogP contribution < -0.4 is 34.7 Å². The third-order valence-electron chi connectivity index (χ3n) is 4.20. The van der Waals surface area contributed by atoms with Crippen molar-refractivity contribution in [3.8, 4) is 5.75 Å². The number of rotatable bonds is 13. The third kappa shape index (κ3) is 22.2. The van der Waals surface area contributed by atoms with Gasteiger partial charge in [-0.2, -0.15) is 0 Å². The smallest absolute Gasteiger partial charge is 0.872 e. The van der Waals surface area contributed by atoms with Crippen molar-refractivity contribution in [2.45, 2.75) is 6.92 Å². The molecule has 0 fully saturated rings. The minimum Gasteiger partial charge on any atom is -0.872 e. The van der Waals surface area contributed by atoms with E-state index in [4.69, 9.17) is 25.2 Å². The molecule has 0 aliphatic heterocycles. The largest absolute Gasteiger partial charge is 1.00 e. The van der Waals surface area contributed by atoms with Gasteiger partial charge in [0.1, 0.15) is 0 Å². The average molecular weight is 559 g/mol. The molecule has 0 aliphatic carbocycles. The molecule has 0 heterocycles. The van der Waals surface area contributed by atoms with E-state index in [9.17, 15) is 29.1 Å². The molecule has 2 aromatic carbocycles. The first kappa shape index (κ1) is 37.7. The van der Waals surface area contributed by atoms with Crippen LogP contribution in [0.2, 0.25) is 0 Å². The summed E-state index contributed by atoms with van der Waals surface area (Å²) in [5.41, 5.74) is 0.606. The second-order valence-electron chi connectivity index (χ2n) is 7.40. The molecule has 0 saturated heterocycles. The van der Waals surface area contributed by atoms with Gasteiger partial charge in [0.05, 0.1) is 38.3 Å². The van der Waals surface area contributed by atoms with Crippen LogP contribution in [0.1, 0.15) is 17.3 Å². The summed E-state index contributed by atoms with van der Waals surface area (Å²) in [7, 11) is 0. The molecular formula is C25H31N2NaO11. The Labute approximate surface area is 247 Å². The number of para-hydroxylation sites is 1. The second kappa shape index (κ2) is 22.5. The fourth-order valence-corrected chi connectivity index (χ4v) is 2.69. The van der Waals surface area contributed by atoms with Gasteiger partial charge in [-0.1, -0.05) is 48.5 Å². The van der Waals surface area contributed by atoms with Crippen molar-refractivity contribution < 1.29 is 83.8 Å². The summed E-state index contributed by atoms with van der Waals surface area (Å²) in [4.78, 5) is 55.4. The van der Waals surface area contributed by atoms with Crippen molar-refractivity contribution >= 4 is 29.8 Å². The van der Waals surface area contributed by atoms with Gasteiger partial charge in [-0.05, 0) is 19.1 Å². The molecule has 14 heteroatoms. The van der Waals surface area contributed by atoms with Crippen LogP contribution in [-0.2, 0) is 23.9 Å². The Morgan fingerprint density at radius 1 is 0.667 bits per heavy atom. The van der Waals surface area contributed by atoms with Gasteiger partial charge in [-0.25, -0.2) is 4.79 Å². The van der Waals surface area contributed by atoms with Gasteiger partial charge in [0.15, 0.2) is 0 Å². The molecule has 0 spiro atoms. The molecule has 0 radical (unpaired) electrons. The zero-order chi connectivity index (χ0) is 28.9. The molecule has 0 amide bonds. The Morgan fingerprint density at radius 3 is 1.26 bits per heavy atom. The van der Waals surface area contributed by atoms with Crippen LogP contribution in [0.4, 0.5) is 0 Å². The predicted molar refractivity (Wildman–Crippen MR) is 132 cm³/mol. The quantitative estimate of drug-likeness (QED) is 0.149. The number of nitrogens with zero attached hydrogens (tertiary/aromatic N) is 2. The Bertz CT molecular complexity index is 940. The number of esters is 1. The molecule has 0 atom stereocenters. The fraction of sp³-hybridized carbons (Fsp3) is 0.320. The van der Waals surface area contributed by atoms with E-state index in [1.807, 2.05) is 24.3 Å². The van der Waals surface area contributed by atoms with E-state index in [2.05, 4.69) is 0 Å². The van der Waals surface area contributed by atoms with Gasteiger partial charge in [0, 0.05) is 13.1 Å². The van der Waals surface area contributed by atoms with E-state index < -0.39 is 50.1 Å². The van der Waals surface area contributed by atoms with Crippen molar-refractivity contribution in [2.24, 2.45) is 0 Å². The standard InChI is InChI=1S/C10H16N2O8.C9H10O2.C6H6O.Na/c13-7(14)3-11(4-8(15)16)1-2-12(5-9(17)18)6-10(19)20;1-2-11-9(10)8-6-4-3-5-7-8;7-6-4-2-1-3-5-6;/h1-6H2,(H,13,14)(H,15,16)(H,17,18)(H,19,20);3-7H,2H2,1H3;1-5,7H;/q;;;+1/p-1. The van der Waals surface area contributed by atoms with Gasteiger partial charge < -0.3 is 30.3 Å². The summed E-state index contributed by atoms with van der Waals surface area (Å²) in [6.07, 6.45) is 0. The molecule has 0 unspecified atom stereocenters. The van der Waals surface area contributed by atoms with Gasteiger partial charge in [-0.15, -0.1) is 5.75 Å². The van der Waals surface area contributed by atoms with Crippen LogP contribution in [0.3, 0.4) is 0 Å². The van der Waals surface area contributed by atoms with Crippen molar-refractivity contribution in [1.82, 2.24) is 9.80 Å². The number of carboxylic acid groups (broad SMARTS) is 4. The van der Waals surface area contributed by atoms with Gasteiger partial charge in [-0.3, -0.25) is 29.0 Å². The SMILES string of the molecule is CCOC(=O)c1ccccc1.O=C(O)CN(CCN(CC(=O)O)CC(=O)O)CC(=O)O.[Na+].[O-]c1ccccc1. The van der Waals surface area contributed by atoms with E-state index >= 15 is 0 Å². The number of hydrogen-bond acceptors (Lipinski definition) is 9. The maximum atomic E-state index is 11.0. The Kier molecular flexibility index (Phi) is 21.7. The van der Waals surface area contributed by atoms with Gasteiger partial charge in [0.2, 0.25) is 0 Å². The summed E-state index contributed by atoms with van der Waals surface area (Å²) in [5.74, 6) is -5.09. The molecule has 0 aliphatic rings. The molecular weight excluding hydrogens is 527 g/mol. The minimum absolute atomic E-state index is 0. The molecule has 208 valence electrons. The van der Waals surface area contributed by atoms with Crippen LogP contribution >= 0.6 is 0 Å². The molecule has 2 aromatic rings. The van der Waals surface area contributed by atoms with Crippen molar-refractivity contribution in [3.05, 3.63) is 66.2 Å². The molecule has 0 bridgehead atoms. The Balaban J connectivity index is 0. The average Bonchev–Trinajstić information content (AvgIpc) is 2.83. The maximum Gasteiger partial charge on any atom is 1.00 e. The van der Waals surface area contributed by atoms with Crippen molar-refractivity contribution in [1.29, 1.82) is 0 Å². The molecule has 0 aromatic heterocycles. The molecule has 39 heavy (non-hydrogen) atoms. The molecule has 4 N–H and O–H groups in total. The maximum absolute atomic E-state index is 11.0. The van der Waals surface area contributed by atoms with E-state index in [0.29, 0.717) is 12.2 Å². The molecule has 2 rings (SSSR count). The Hall–Kier alpha value is -3.49. The minimum atomic E-state index is -1.23. The van der Waals surface area contributed by atoms with Crippen molar-refractivity contribution in [2.75, 3.05) is 45.9 Å². The topological polar surface area (TPSA) is 205 Å². The summed E-state index contributed by atoms with van der Waals surface area (Å²) in [6.45, 7) is -0.0337. The second-order valence-corrected chi connectivity index (χ2v) is 7.40. The number of carbonyl (C=O) groups is 5. The summed E-state index contributed by atoms with van der Waals surface area (Å²) in [6, 6.07) is 17.3. The molecule has 0 saturated carbocycles. The van der Waals surface area contributed by atoms with Crippen LogP contribution in [0.15, 0.2) is 60.7 Å². The van der Waals surface area contributed by atoms with Crippen molar-refractivity contribution in [3.63, 3.8) is 0 Å². The zero-order valence-corrected chi connectivity index (χ0v) is 23.8. The number of carbonyl (C=O) groups excluding carboxylic acids is 1. The van der Waals surface area contributed by atoms with Crippen LogP contribution in [-0.4, -0.2) is 106 Å². The first-order chi connectivity index (χ1) is 17.9. The number of ether oxygens (including phenoxy) is 1. The number of benzene rings is 2. The van der Waals surface area contributed by atoms with E-state index in [0.717, 1.165) is 9.80 Å². The van der Waals surface area contributed by atoms with E-state index in [1.54, 1.807) is 31.2 Å². The van der Waals surface area contributed by atoms with Crippen LogP contribution in [0.25, 0.3) is 0 Å². The van der Waals surface area contributed by atoms with Crippen LogP contribution in [0.5, 0.6) is 5.75 Å². The summed E-state index contributed by atoms with van der Waals surface area (Å²) in [5, 5.41) is 44.7. The third-order valence-corrected chi connectivity index (χ3v) is 4.20. The number of aliphatic carboxylic acids is 4. The van der Waals surface area contributed by atoms with E-state index in [1.165, 1.54) is 12.1 Å².